The maximum atomic E-state index is 12.1. The van der Waals surface area contributed by atoms with Crippen LogP contribution in [-0.4, -0.2) is 45.7 Å². The summed E-state index contributed by atoms with van der Waals surface area (Å²) < 4.78 is 48.6. The predicted octanol–water partition coefficient (Wildman–Crippen LogP) is 0.367. The van der Waals surface area contributed by atoms with Crippen molar-refractivity contribution < 1.29 is 16.8 Å². The van der Waals surface area contributed by atoms with Crippen molar-refractivity contribution in [3.63, 3.8) is 0 Å². The summed E-state index contributed by atoms with van der Waals surface area (Å²) in [5.41, 5.74) is 0.381. The topological polar surface area (TPSA) is 95.3 Å². The quantitative estimate of drug-likeness (QED) is 0.800. The average Bonchev–Trinajstić information content (AvgIpc) is 2.75. The zero-order chi connectivity index (χ0) is 14.8. The van der Waals surface area contributed by atoms with Gasteiger partial charge in [-0.3, -0.25) is 0 Å². The molecule has 0 saturated carbocycles. The molecule has 1 aromatic carbocycles. The molecule has 1 saturated heterocycles. The van der Waals surface area contributed by atoms with E-state index in [4.69, 9.17) is 5.26 Å². The van der Waals surface area contributed by atoms with Gasteiger partial charge in [-0.05, 0) is 30.7 Å². The van der Waals surface area contributed by atoms with Crippen LogP contribution in [0.5, 0.6) is 0 Å². The van der Waals surface area contributed by atoms with Crippen LogP contribution in [0.2, 0.25) is 0 Å². The number of sulfonamides is 1. The number of nitrogens with zero attached hydrogens (tertiary/aromatic N) is 2. The summed E-state index contributed by atoms with van der Waals surface area (Å²) >= 11 is 0. The second-order valence-corrected chi connectivity index (χ2v) is 8.72. The Kier molecular flexibility index (Phi) is 4.13. The molecule has 0 N–H and O–H groups in total. The summed E-state index contributed by atoms with van der Waals surface area (Å²) in [6, 6.07) is 7.51. The first kappa shape index (κ1) is 15.0. The van der Waals surface area contributed by atoms with Gasteiger partial charge in [-0.15, -0.1) is 0 Å². The van der Waals surface area contributed by atoms with Crippen LogP contribution >= 0.6 is 0 Å². The third kappa shape index (κ3) is 3.17. The lowest BCUT2D eigenvalue weighted by atomic mass is 10.2. The van der Waals surface area contributed by atoms with Gasteiger partial charge in [0.05, 0.1) is 28.0 Å². The normalized spacial score (nSPS) is 18.8. The molecule has 0 bridgehead atoms. The first-order chi connectivity index (χ1) is 9.35. The first-order valence-electron chi connectivity index (χ1n) is 6.06. The molecule has 6 nitrogen and oxygen atoms in total. The SMILES string of the molecule is N#Cc1ccc(S(=O)(=O)CCN2CCCS2(=O)=O)cc1. The smallest absolute Gasteiger partial charge is 0.214 e. The molecule has 0 aromatic heterocycles. The zero-order valence-electron chi connectivity index (χ0n) is 10.7. The number of hydrogen-bond acceptors (Lipinski definition) is 5. The van der Waals surface area contributed by atoms with Crippen LogP contribution in [0.4, 0.5) is 0 Å². The van der Waals surface area contributed by atoms with Gasteiger partial charge >= 0.3 is 0 Å². The van der Waals surface area contributed by atoms with Crippen molar-refractivity contribution in [1.29, 1.82) is 5.26 Å². The van der Waals surface area contributed by atoms with Crippen molar-refractivity contribution >= 4 is 19.9 Å². The Bertz CT molecular complexity index is 731. The molecular weight excluding hydrogens is 300 g/mol. The lowest BCUT2D eigenvalue weighted by molar-refractivity contribution is 0.461. The first-order valence-corrected chi connectivity index (χ1v) is 9.32. The van der Waals surface area contributed by atoms with E-state index in [0.29, 0.717) is 18.5 Å². The summed E-state index contributed by atoms with van der Waals surface area (Å²) in [6.07, 6.45) is 0.541. The summed E-state index contributed by atoms with van der Waals surface area (Å²) in [5.74, 6) is -0.165. The van der Waals surface area contributed by atoms with E-state index in [2.05, 4.69) is 0 Å². The molecule has 1 fully saturated rings. The van der Waals surface area contributed by atoms with Gasteiger partial charge in [0.2, 0.25) is 10.0 Å². The van der Waals surface area contributed by atoms with E-state index in [1.54, 1.807) is 0 Å². The van der Waals surface area contributed by atoms with Crippen LogP contribution in [0.1, 0.15) is 12.0 Å². The van der Waals surface area contributed by atoms with Gasteiger partial charge < -0.3 is 0 Å². The van der Waals surface area contributed by atoms with Crippen LogP contribution < -0.4 is 0 Å². The molecule has 1 aliphatic rings. The fourth-order valence-electron chi connectivity index (χ4n) is 2.02. The molecular formula is C12H14N2O4S2. The summed E-state index contributed by atoms with van der Waals surface area (Å²) in [7, 11) is -6.81. The lowest BCUT2D eigenvalue weighted by Crippen LogP contribution is -2.31. The van der Waals surface area contributed by atoms with Crippen molar-refractivity contribution in [1.82, 2.24) is 4.31 Å². The molecule has 0 unspecified atom stereocenters. The largest absolute Gasteiger partial charge is 0.224 e. The van der Waals surface area contributed by atoms with Crippen molar-refractivity contribution in [2.45, 2.75) is 11.3 Å². The van der Waals surface area contributed by atoms with Crippen molar-refractivity contribution in [2.75, 3.05) is 24.6 Å². The third-order valence-electron chi connectivity index (χ3n) is 3.16. The van der Waals surface area contributed by atoms with Gasteiger partial charge in [0.25, 0.3) is 0 Å². The van der Waals surface area contributed by atoms with Gasteiger partial charge in [0.1, 0.15) is 0 Å². The maximum absolute atomic E-state index is 12.1. The van der Waals surface area contributed by atoms with Crippen LogP contribution in [0.25, 0.3) is 0 Å². The fourth-order valence-corrected chi connectivity index (χ4v) is 4.91. The highest BCUT2D eigenvalue weighted by atomic mass is 32.2. The standard InChI is InChI=1S/C12H14N2O4S2/c13-10-11-2-4-12(5-3-11)19(15,16)9-7-14-6-1-8-20(14,17)18/h2-5H,1,6-9H2. The molecule has 8 heteroatoms. The number of hydrogen-bond donors (Lipinski definition) is 0. The molecule has 20 heavy (non-hydrogen) atoms. The molecule has 2 rings (SSSR count). The number of rotatable bonds is 4. The molecule has 1 heterocycles. The Hall–Kier alpha value is -1.43. The minimum Gasteiger partial charge on any atom is -0.224 e. The lowest BCUT2D eigenvalue weighted by Gasteiger charge is -2.14. The van der Waals surface area contributed by atoms with Gasteiger partial charge in [-0.25, -0.2) is 21.1 Å². The van der Waals surface area contributed by atoms with E-state index in [-0.39, 0.29) is 22.9 Å². The average molecular weight is 314 g/mol. The van der Waals surface area contributed by atoms with E-state index in [0.717, 1.165) is 0 Å². The number of benzene rings is 1. The van der Waals surface area contributed by atoms with Crippen molar-refractivity contribution in [3.8, 4) is 6.07 Å². The van der Waals surface area contributed by atoms with Crippen molar-refractivity contribution in [2.24, 2.45) is 0 Å². The Morgan fingerprint density at radius 2 is 1.90 bits per heavy atom. The second-order valence-electron chi connectivity index (χ2n) is 4.52. The van der Waals surface area contributed by atoms with E-state index in [9.17, 15) is 16.8 Å². The maximum Gasteiger partial charge on any atom is 0.214 e. The highest BCUT2D eigenvalue weighted by Crippen LogP contribution is 2.16. The van der Waals surface area contributed by atoms with E-state index in [1.807, 2.05) is 6.07 Å². The predicted molar refractivity (Wildman–Crippen MR) is 73.2 cm³/mol. The molecule has 1 aromatic rings. The Morgan fingerprint density at radius 1 is 1.25 bits per heavy atom. The summed E-state index contributed by atoms with van der Waals surface area (Å²) in [6.45, 7) is 0.357. The van der Waals surface area contributed by atoms with Crippen molar-refractivity contribution in [3.05, 3.63) is 29.8 Å². The van der Waals surface area contributed by atoms with E-state index < -0.39 is 19.9 Å². The van der Waals surface area contributed by atoms with E-state index >= 15 is 0 Å². The molecule has 0 amide bonds. The Balaban J connectivity index is 2.10. The number of nitriles is 1. The van der Waals surface area contributed by atoms with E-state index in [1.165, 1.54) is 28.6 Å². The van der Waals surface area contributed by atoms with Gasteiger partial charge in [-0.2, -0.15) is 5.26 Å². The van der Waals surface area contributed by atoms with Crippen LogP contribution in [0.15, 0.2) is 29.2 Å². The third-order valence-corrected chi connectivity index (χ3v) is 6.82. The van der Waals surface area contributed by atoms with Gasteiger partial charge in [0, 0.05) is 13.1 Å². The molecule has 0 spiro atoms. The molecule has 108 valence electrons. The molecule has 0 atom stereocenters. The summed E-state index contributed by atoms with van der Waals surface area (Å²) in [4.78, 5) is 0.105. The van der Waals surface area contributed by atoms with Gasteiger partial charge in [-0.1, -0.05) is 0 Å². The minimum atomic E-state index is -3.54. The van der Waals surface area contributed by atoms with Crippen LogP contribution in [0, 0.1) is 11.3 Å². The van der Waals surface area contributed by atoms with Crippen LogP contribution in [0.3, 0.4) is 0 Å². The summed E-state index contributed by atoms with van der Waals surface area (Å²) in [5, 5.41) is 8.66. The monoisotopic (exact) mass is 314 g/mol. The Morgan fingerprint density at radius 3 is 2.40 bits per heavy atom. The molecule has 0 aliphatic carbocycles. The highest BCUT2D eigenvalue weighted by molar-refractivity contribution is 7.91. The highest BCUT2D eigenvalue weighted by Gasteiger charge is 2.29. The van der Waals surface area contributed by atoms with Crippen LogP contribution in [-0.2, 0) is 19.9 Å². The minimum absolute atomic E-state index is 0.0231. The second kappa shape index (κ2) is 5.52. The Labute approximate surface area is 118 Å². The fraction of sp³-hybridized carbons (Fsp3) is 0.417. The molecule has 0 radical (unpaired) electrons. The molecule has 1 aliphatic heterocycles. The number of sulfone groups is 1. The zero-order valence-corrected chi connectivity index (χ0v) is 12.3. The van der Waals surface area contributed by atoms with Gasteiger partial charge in [0.15, 0.2) is 9.84 Å².